The highest BCUT2D eigenvalue weighted by molar-refractivity contribution is 7.92. The van der Waals surface area contributed by atoms with E-state index in [0.717, 1.165) is 12.0 Å². The first kappa shape index (κ1) is 14.7. The maximum atomic E-state index is 11.7. The maximum Gasteiger partial charge on any atom is 0.232 e. The number of unbranched alkanes of at least 4 members (excludes halogenated alkanes) is 1. The van der Waals surface area contributed by atoms with Crippen molar-refractivity contribution < 1.29 is 13.2 Å². The van der Waals surface area contributed by atoms with E-state index in [0.29, 0.717) is 18.5 Å². The van der Waals surface area contributed by atoms with Crippen LogP contribution in [-0.2, 0) is 21.2 Å². The molecule has 0 aliphatic heterocycles. The minimum atomic E-state index is -3.25. The molecule has 0 saturated carbocycles. The van der Waals surface area contributed by atoms with E-state index in [1.807, 2.05) is 6.92 Å². The molecular weight excluding hydrogens is 250 g/mol. The van der Waals surface area contributed by atoms with Gasteiger partial charge in [0.05, 0.1) is 5.75 Å². The van der Waals surface area contributed by atoms with Crippen molar-refractivity contribution in [2.75, 3.05) is 10.5 Å². The number of carbonyl (C=O) groups excluding carboxylic acids is 1. The molecule has 0 amide bonds. The molecule has 0 aliphatic rings. The van der Waals surface area contributed by atoms with Crippen LogP contribution in [0.5, 0.6) is 0 Å². The van der Waals surface area contributed by atoms with Gasteiger partial charge in [-0.15, -0.1) is 0 Å². The first-order valence-electron chi connectivity index (χ1n) is 6.02. The molecule has 4 nitrogen and oxygen atoms in total. The van der Waals surface area contributed by atoms with E-state index in [1.54, 1.807) is 24.3 Å². The van der Waals surface area contributed by atoms with Crippen molar-refractivity contribution in [1.29, 1.82) is 0 Å². The quantitative estimate of drug-likeness (QED) is 0.826. The second-order valence-electron chi connectivity index (χ2n) is 4.35. The normalized spacial score (nSPS) is 11.2. The van der Waals surface area contributed by atoms with Crippen molar-refractivity contribution >= 4 is 21.5 Å². The summed E-state index contributed by atoms with van der Waals surface area (Å²) in [6.45, 7) is 3.48. The Kier molecular flexibility index (Phi) is 5.34. The second kappa shape index (κ2) is 6.54. The number of sulfonamides is 1. The molecule has 1 aromatic rings. The Morgan fingerprint density at radius 2 is 1.83 bits per heavy atom. The molecule has 0 unspecified atom stereocenters. The first-order valence-corrected chi connectivity index (χ1v) is 7.67. The van der Waals surface area contributed by atoms with Crippen LogP contribution >= 0.6 is 0 Å². The van der Waals surface area contributed by atoms with Crippen LogP contribution in [-0.4, -0.2) is 20.0 Å². The average Bonchev–Trinajstić information content (AvgIpc) is 2.28. The minimum Gasteiger partial charge on any atom is -0.300 e. The fraction of sp³-hybridized carbons (Fsp3) is 0.462. The molecule has 0 aliphatic carbocycles. The van der Waals surface area contributed by atoms with Crippen LogP contribution in [0.25, 0.3) is 0 Å². The molecule has 0 saturated heterocycles. The van der Waals surface area contributed by atoms with Crippen molar-refractivity contribution in [1.82, 2.24) is 0 Å². The summed E-state index contributed by atoms with van der Waals surface area (Å²) in [6, 6.07) is 6.89. The van der Waals surface area contributed by atoms with E-state index in [-0.39, 0.29) is 11.5 Å². The summed E-state index contributed by atoms with van der Waals surface area (Å²) in [5.74, 6) is 0.227. The van der Waals surface area contributed by atoms with Crippen molar-refractivity contribution in [2.24, 2.45) is 0 Å². The highest BCUT2D eigenvalue weighted by atomic mass is 32.2. The maximum absolute atomic E-state index is 11.7. The van der Waals surface area contributed by atoms with Crippen molar-refractivity contribution in [2.45, 2.75) is 33.1 Å². The van der Waals surface area contributed by atoms with Gasteiger partial charge in [-0.1, -0.05) is 25.5 Å². The Morgan fingerprint density at radius 3 is 2.33 bits per heavy atom. The molecule has 0 spiro atoms. The minimum absolute atomic E-state index is 0.0891. The van der Waals surface area contributed by atoms with Crippen LogP contribution in [0.3, 0.4) is 0 Å². The summed E-state index contributed by atoms with van der Waals surface area (Å²) in [6.07, 6.45) is 1.87. The summed E-state index contributed by atoms with van der Waals surface area (Å²) >= 11 is 0. The molecule has 18 heavy (non-hydrogen) atoms. The smallest absolute Gasteiger partial charge is 0.232 e. The fourth-order valence-corrected chi connectivity index (χ4v) is 2.81. The number of hydrogen-bond donors (Lipinski definition) is 1. The van der Waals surface area contributed by atoms with Gasteiger partial charge in [0.2, 0.25) is 10.0 Å². The topological polar surface area (TPSA) is 63.2 Å². The molecule has 0 fully saturated rings. The Morgan fingerprint density at radius 1 is 1.22 bits per heavy atom. The SMILES string of the molecule is CCCCS(=O)(=O)Nc1ccc(CC(C)=O)cc1. The van der Waals surface area contributed by atoms with Crippen LogP contribution in [0.4, 0.5) is 5.69 Å². The van der Waals surface area contributed by atoms with E-state index in [2.05, 4.69) is 4.72 Å². The van der Waals surface area contributed by atoms with Crippen LogP contribution in [0.2, 0.25) is 0 Å². The van der Waals surface area contributed by atoms with Gasteiger partial charge < -0.3 is 0 Å². The van der Waals surface area contributed by atoms with E-state index < -0.39 is 10.0 Å². The molecule has 0 atom stereocenters. The van der Waals surface area contributed by atoms with Crippen molar-refractivity contribution in [3.8, 4) is 0 Å². The Balaban J connectivity index is 2.66. The fourth-order valence-electron chi connectivity index (χ4n) is 1.54. The molecule has 5 heteroatoms. The highest BCUT2D eigenvalue weighted by Gasteiger charge is 2.09. The second-order valence-corrected chi connectivity index (χ2v) is 6.19. The third kappa shape index (κ3) is 5.31. The lowest BCUT2D eigenvalue weighted by Gasteiger charge is -2.08. The van der Waals surface area contributed by atoms with E-state index >= 15 is 0 Å². The molecule has 100 valence electrons. The molecule has 0 heterocycles. The number of ketones is 1. The van der Waals surface area contributed by atoms with Gasteiger partial charge in [0.1, 0.15) is 5.78 Å². The van der Waals surface area contributed by atoms with Gasteiger partial charge in [-0.2, -0.15) is 0 Å². The van der Waals surface area contributed by atoms with Crippen LogP contribution in [0.15, 0.2) is 24.3 Å². The largest absolute Gasteiger partial charge is 0.300 e. The number of Topliss-reactive ketones (excluding diaryl/α,β-unsaturated/α-hetero) is 1. The average molecular weight is 269 g/mol. The molecule has 1 N–H and O–H groups in total. The van der Waals surface area contributed by atoms with E-state index in [4.69, 9.17) is 0 Å². The molecule has 0 aromatic heterocycles. The van der Waals surface area contributed by atoms with Crippen LogP contribution < -0.4 is 4.72 Å². The summed E-state index contributed by atoms with van der Waals surface area (Å²) < 4.78 is 25.8. The monoisotopic (exact) mass is 269 g/mol. The summed E-state index contributed by atoms with van der Waals surface area (Å²) in [5.41, 5.74) is 1.43. The lowest BCUT2D eigenvalue weighted by atomic mass is 10.1. The molecule has 0 bridgehead atoms. The molecule has 1 aromatic carbocycles. The third-order valence-corrected chi connectivity index (χ3v) is 3.82. The van der Waals surface area contributed by atoms with Gasteiger partial charge in [0.15, 0.2) is 0 Å². The Hall–Kier alpha value is -1.36. The predicted molar refractivity (Wildman–Crippen MR) is 73.1 cm³/mol. The summed E-state index contributed by atoms with van der Waals surface area (Å²) in [7, 11) is -3.25. The lowest BCUT2D eigenvalue weighted by Crippen LogP contribution is -2.16. The molecular formula is C13H19NO3S. The van der Waals surface area contributed by atoms with Crippen molar-refractivity contribution in [3.63, 3.8) is 0 Å². The van der Waals surface area contributed by atoms with Crippen LogP contribution in [0, 0.1) is 0 Å². The third-order valence-electron chi connectivity index (χ3n) is 2.45. The Bertz CT molecular complexity index is 491. The number of rotatable bonds is 7. The zero-order valence-corrected chi connectivity index (χ0v) is 11.6. The summed E-state index contributed by atoms with van der Waals surface area (Å²) in [4.78, 5) is 10.9. The van der Waals surface area contributed by atoms with E-state index in [9.17, 15) is 13.2 Å². The number of hydrogen-bond acceptors (Lipinski definition) is 3. The Labute approximate surface area is 108 Å². The zero-order valence-electron chi connectivity index (χ0n) is 10.8. The summed E-state index contributed by atoms with van der Waals surface area (Å²) in [5, 5.41) is 0. The molecule has 0 radical (unpaired) electrons. The predicted octanol–water partition coefficient (Wildman–Crippen LogP) is 2.36. The van der Waals surface area contributed by atoms with Gasteiger partial charge in [-0.3, -0.25) is 9.52 Å². The van der Waals surface area contributed by atoms with Crippen molar-refractivity contribution in [3.05, 3.63) is 29.8 Å². The van der Waals surface area contributed by atoms with E-state index in [1.165, 1.54) is 6.92 Å². The van der Waals surface area contributed by atoms with Gasteiger partial charge in [0.25, 0.3) is 0 Å². The number of carbonyl (C=O) groups is 1. The highest BCUT2D eigenvalue weighted by Crippen LogP contribution is 2.12. The zero-order chi connectivity index (χ0) is 13.6. The van der Waals surface area contributed by atoms with Gasteiger partial charge in [-0.05, 0) is 31.0 Å². The van der Waals surface area contributed by atoms with Gasteiger partial charge >= 0.3 is 0 Å². The lowest BCUT2D eigenvalue weighted by molar-refractivity contribution is -0.116. The van der Waals surface area contributed by atoms with Gasteiger partial charge in [-0.25, -0.2) is 8.42 Å². The first-order chi connectivity index (χ1) is 8.43. The standard InChI is InChI=1S/C13H19NO3S/c1-3-4-9-18(16,17)14-13-7-5-12(6-8-13)10-11(2)15/h5-8,14H,3-4,9-10H2,1-2H3. The number of anilines is 1. The molecule has 1 rings (SSSR count). The van der Waals surface area contributed by atoms with Gasteiger partial charge in [0, 0.05) is 12.1 Å². The number of nitrogens with one attached hydrogen (secondary N) is 1. The number of benzene rings is 1. The van der Waals surface area contributed by atoms with Crippen LogP contribution in [0.1, 0.15) is 32.3 Å².